The lowest BCUT2D eigenvalue weighted by molar-refractivity contribution is 0.111. The second-order valence-corrected chi connectivity index (χ2v) is 4.32. The van der Waals surface area contributed by atoms with Gasteiger partial charge in [0.05, 0.1) is 12.6 Å². The lowest BCUT2D eigenvalue weighted by Gasteiger charge is -2.29. The molecule has 1 aliphatic rings. The van der Waals surface area contributed by atoms with Crippen LogP contribution in [0.4, 0.5) is 0 Å². The van der Waals surface area contributed by atoms with Crippen LogP contribution < -0.4 is 0 Å². The van der Waals surface area contributed by atoms with Gasteiger partial charge in [-0.1, -0.05) is 29.4 Å². The Bertz CT molecular complexity index is 428. The first kappa shape index (κ1) is 11.9. The Morgan fingerprint density at radius 3 is 2.94 bits per heavy atom. The highest BCUT2D eigenvalue weighted by Crippen LogP contribution is 2.18. The fourth-order valence-electron chi connectivity index (χ4n) is 2.20. The monoisotopic (exact) mass is 232 g/mol. The first-order chi connectivity index (χ1) is 8.29. The highest BCUT2D eigenvalue weighted by atomic mass is 16.3. The van der Waals surface area contributed by atoms with Gasteiger partial charge in [0, 0.05) is 24.5 Å². The van der Waals surface area contributed by atoms with E-state index in [2.05, 4.69) is 33.1 Å². The Kier molecular flexibility index (Phi) is 3.98. The Hall–Kier alpha value is -1.55. The van der Waals surface area contributed by atoms with Crippen molar-refractivity contribution in [2.75, 3.05) is 19.6 Å². The number of β-amino-alcohol motifs (C(OH)–C–C–N with tert-alkyl or cyclic N) is 1. The van der Waals surface area contributed by atoms with Gasteiger partial charge in [-0.2, -0.15) is 0 Å². The van der Waals surface area contributed by atoms with E-state index < -0.39 is 6.10 Å². The molecular formula is C12H16N4O. The molecule has 1 unspecified atom stereocenters. The van der Waals surface area contributed by atoms with Gasteiger partial charge in [0.2, 0.25) is 0 Å². The van der Waals surface area contributed by atoms with Gasteiger partial charge in [0.1, 0.15) is 0 Å². The third-order valence-electron chi connectivity index (χ3n) is 3.03. The fraction of sp³-hybridized carbons (Fsp3) is 0.500. The van der Waals surface area contributed by atoms with Crippen LogP contribution in [0, 0.1) is 0 Å². The maximum absolute atomic E-state index is 9.67. The Labute approximate surface area is 100 Å². The number of azide groups is 1. The summed E-state index contributed by atoms with van der Waals surface area (Å²) in [4.78, 5) is 4.85. The molecular weight excluding hydrogens is 216 g/mol. The zero-order chi connectivity index (χ0) is 12.1. The van der Waals surface area contributed by atoms with E-state index in [4.69, 9.17) is 5.53 Å². The smallest absolute Gasteiger partial charge is 0.0723 e. The molecule has 1 N–H and O–H groups in total. The minimum absolute atomic E-state index is 0.147. The lowest BCUT2D eigenvalue weighted by atomic mass is 10.00. The minimum Gasteiger partial charge on any atom is -0.392 e. The van der Waals surface area contributed by atoms with Gasteiger partial charge in [-0.15, -0.1) is 0 Å². The summed E-state index contributed by atoms with van der Waals surface area (Å²) < 4.78 is 0. The summed E-state index contributed by atoms with van der Waals surface area (Å²) in [5.74, 6) is 0. The van der Waals surface area contributed by atoms with Crippen LogP contribution in [0.15, 0.2) is 29.4 Å². The molecule has 90 valence electrons. The second kappa shape index (κ2) is 5.68. The molecule has 0 spiro atoms. The minimum atomic E-state index is -0.573. The van der Waals surface area contributed by atoms with Gasteiger partial charge in [-0.05, 0) is 23.1 Å². The highest BCUT2D eigenvalue weighted by Gasteiger charge is 2.17. The molecule has 1 heterocycles. The SMILES string of the molecule is [N-]=[N+]=NCC(O)CN1CCc2ccccc2C1. The number of fused-ring (bicyclic) bond motifs is 1. The van der Waals surface area contributed by atoms with Crippen molar-refractivity contribution in [1.29, 1.82) is 0 Å². The van der Waals surface area contributed by atoms with Gasteiger partial charge >= 0.3 is 0 Å². The van der Waals surface area contributed by atoms with Gasteiger partial charge < -0.3 is 5.11 Å². The molecule has 0 saturated carbocycles. The number of aliphatic hydroxyl groups excluding tert-OH is 1. The van der Waals surface area contributed by atoms with Crippen molar-refractivity contribution in [1.82, 2.24) is 4.90 Å². The number of aliphatic hydroxyl groups is 1. The molecule has 0 aromatic heterocycles. The first-order valence-corrected chi connectivity index (χ1v) is 5.77. The highest BCUT2D eigenvalue weighted by molar-refractivity contribution is 5.29. The molecule has 0 fully saturated rings. The topological polar surface area (TPSA) is 72.2 Å². The molecule has 5 heteroatoms. The normalized spacial score (nSPS) is 17.0. The maximum atomic E-state index is 9.67. The van der Waals surface area contributed by atoms with E-state index in [-0.39, 0.29) is 6.54 Å². The summed E-state index contributed by atoms with van der Waals surface area (Å²) in [7, 11) is 0. The molecule has 0 radical (unpaired) electrons. The van der Waals surface area contributed by atoms with Crippen molar-refractivity contribution in [3.8, 4) is 0 Å². The summed E-state index contributed by atoms with van der Waals surface area (Å²) in [6, 6.07) is 8.38. The van der Waals surface area contributed by atoms with E-state index in [0.29, 0.717) is 6.54 Å². The Morgan fingerprint density at radius 1 is 1.41 bits per heavy atom. The molecule has 1 atom stereocenters. The quantitative estimate of drug-likeness (QED) is 0.487. The number of benzene rings is 1. The van der Waals surface area contributed by atoms with Crippen LogP contribution in [0.2, 0.25) is 0 Å². The van der Waals surface area contributed by atoms with Crippen LogP contribution in [0.25, 0.3) is 10.4 Å². The van der Waals surface area contributed by atoms with Crippen molar-refractivity contribution < 1.29 is 5.11 Å². The largest absolute Gasteiger partial charge is 0.392 e. The zero-order valence-corrected chi connectivity index (χ0v) is 9.66. The van der Waals surface area contributed by atoms with E-state index in [1.54, 1.807) is 0 Å². The molecule has 1 aromatic carbocycles. The van der Waals surface area contributed by atoms with Crippen molar-refractivity contribution >= 4 is 0 Å². The average molecular weight is 232 g/mol. The van der Waals surface area contributed by atoms with Gasteiger partial charge in [-0.25, -0.2) is 0 Å². The van der Waals surface area contributed by atoms with Crippen molar-refractivity contribution in [3.05, 3.63) is 45.8 Å². The summed E-state index contributed by atoms with van der Waals surface area (Å²) in [5.41, 5.74) is 10.9. The summed E-state index contributed by atoms with van der Waals surface area (Å²) in [6.07, 6.45) is 0.445. The number of hydrogen-bond acceptors (Lipinski definition) is 3. The van der Waals surface area contributed by atoms with Crippen LogP contribution >= 0.6 is 0 Å². The lowest BCUT2D eigenvalue weighted by Crippen LogP contribution is -2.37. The number of rotatable bonds is 4. The Morgan fingerprint density at radius 2 is 2.18 bits per heavy atom. The maximum Gasteiger partial charge on any atom is 0.0723 e. The first-order valence-electron chi connectivity index (χ1n) is 5.77. The molecule has 17 heavy (non-hydrogen) atoms. The zero-order valence-electron chi connectivity index (χ0n) is 9.66. The molecule has 2 rings (SSSR count). The predicted octanol–water partition coefficient (Wildman–Crippen LogP) is 1.72. The van der Waals surface area contributed by atoms with E-state index in [9.17, 15) is 5.11 Å². The molecule has 0 saturated heterocycles. The van der Waals surface area contributed by atoms with Crippen molar-refractivity contribution in [3.63, 3.8) is 0 Å². The molecule has 1 aliphatic heterocycles. The third kappa shape index (κ3) is 3.20. The predicted molar refractivity (Wildman–Crippen MR) is 65.4 cm³/mol. The van der Waals surface area contributed by atoms with E-state index >= 15 is 0 Å². The number of nitrogens with zero attached hydrogens (tertiary/aromatic N) is 4. The second-order valence-electron chi connectivity index (χ2n) is 4.32. The third-order valence-corrected chi connectivity index (χ3v) is 3.03. The Balaban J connectivity index is 1.91. The van der Waals surface area contributed by atoms with Gasteiger partial charge in [0.25, 0.3) is 0 Å². The van der Waals surface area contributed by atoms with Crippen LogP contribution in [0.1, 0.15) is 11.1 Å². The summed E-state index contributed by atoms with van der Waals surface area (Å²) in [5, 5.41) is 13.1. The standard InChI is InChI=1S/C12H16N4O/c13-15-14-7-12(17)9-16-6-5-10-3-1-2-4-11(10)8-16/h1-4,12,17H,5-9H2. The summed E-state index contributed by atoms with van der Waals surface area (Å²) in [6.45, 7) is 2.52. The molecule has 0 bridgehead atoms. The van der Waals surface area contributed by atoms with E-state index in [1.807, 2.05) is 6.07 Å². The molecule has 0 amide bonds. The van der Waals surface area contributed by atoms with Crippen LogP contribution in [-0.2, 0) is 13.0 Å². The summed E-state index contributed by atoms with van der Waals surface area (Å²) >= 11 is 0. The molecule has 0 aliphatic carbocycles. The number of hydrogen-bond donors (Lipinski definition) is 1. The average Bonchev–Trinajstić information content (AvgIpc) is 2.36. The van der Waals surface area contributed by atoms with E-state index in [0.717, 1.165) is 19.5 Å². The fourth-order valence-corrected chi connectivity index (χ4v) is 2.20. The molecule has 5 nitrogen and oxygen atoms in total. The van der Waals surface area contributed by atoms with Gasteiger partial charge in [-0.3, -0.25) is 4.90 Å². The molecule has 1 aromatic rings. The van der Waals surface area contributed by atoms with Crippen LogP contribution in [0.3, 0.4) is 0 Å². The van der Waals surface area contributed by atoms with Crippen molar-refractivity contribution in [2.45, 2.75) is 19.1 Å². The van der Waals surface area contributed by atoms with Crippen molar-refractivity contribution in [2.24, 2.45) is 5.11 Å². The van der Waals surface area contributed by atoms with Crippen LogP contribution in [0.5, 0.6) is 0 Å². The van der Waals surface area contributed by atoms with E-state index in [1.165, 1.54) is 11.1 Å². The van der Waals surface area contributed by atoms with Crippen LogP contribution in [-0.4, -0.2) is 35.7 Å². The van der Waals surface area contributed by atoms with Gasteiger partial charge in [0.15, 0.2) is 0 Å².